The third-order valence-corrected chi connectivity index (χ3v) is 2.58. The van der Waals surface area contributed by atoms with E-state index < -0.39 is 16.6 Å². The van der Waals surface area contributed by atoms with Gasteiger partial charge in [0.05, 0.1) is 17.7 Å². The summed E-state index contributed by atoms with van der Waals surface area (Å²) in [6, 6.07) is 5.40. The molecule has 0 fully saturated rings. The first-order valence-corrected chi connectivity index (χ1v) is 5.45. The number of carbonyl (C=O) groups is 1. The molecule has 0 amide bonds. The molecule has 8 heteroatoms. The predicted octanol–water partition coefficient (Wildman–Crippen LogP) is 1.13. The van der Waals surface area contributed by atoms with E-state index in [0.29, 0.717) is 5.56 Å². The molecule has 0 spiro atoms. The number of nitrogens with one attached hydrogen (secondary N) is 1. The molecule has 0 saturated carbocycles. The van der Waals surface area contributed by atoms with Gasteiger partial charge in [-0.2, -0.15) is 0 Å². The maximum absolute atomic E-state index is 11.6. The third kappa shape index (κ3) is 2.53. The summed E-state index contributed by atoms with van der Waals surface area (Å²) in [5.41, 5.74) is -0.0148. The Morgan fingerprint density at radius 2 is 2.00 bits per heavy atom. The van der Waals surface area contributed by atoms with Gasteiger partial charge in [-0.15, -0.1) is 0 Å². The molecular formula is C12H9N3O5. The summed E-state index contributed by atoms with van der Waals surface area (Å²) < 4.78 is 4.59. The number of rotatable bonds is 3. The van der Waals surface area contributed by atoms with Gasteiger partial charge in [0, 0.05) is 18.3 Å². The number of nitro benzene ring substituents is 1. The van der Waals surface area contributed by atoms with Gasteiger partial charge >= 0.3 is 11.7 Å². The molecular weight excluding hydrogens is 266 g/mol. The summed E-state index contributed by atoms with van der Waals surface area (Å²) in [5, 5.41) is 10.6. The topological polar surface area (TPSA) is 115 Å². The van der Waals surface area contributed by atoms with Crippen molar-refractivity contribution >= 4 is 11.7 Å². The monoisotopic (exact) mass is 275 g/mol. The molecule has 1 aromatic heterocycles. The average molecular weight is 275 g/mol. The summed E-state index contributed by atoms with van der Waals surface area (Å²) in [5.74, 6) is -0.665. The van der Waals surface area contributed by atoms with E-state index in [9.17, 15) is 19.7 Å². The van der Waals surface area contributed by atoms with E-state index in [1.54, 1.807) is 0 Å². The van der Waals surface area contributed by atoms with Crippen molar-refractivity contribution in [1.29, 1.82) is 0 Å². The molecule has 102 valence electrons. The van der Waals surface area contributed by atoms with E-state index in [1.165, 1.54) is 31.4 Å². The zero-order chi connectivity index (χ0) is 14.7. The first-order valence-electron chi connectivity index (χ1n) is 5.45. The Labute approximate surface area is 112 Å². The molecule has 0 bridgehead atoms. The van der Waals surface area contributed by atoms with Crippen molar-refractivity contribution in [1.82, 2.24) is 9.97 Å². The Balaban J connectivity index is 2.56. The maximum Gasteiger partial charge on any atom is 0.345 e. The minimum atomic E-state index is -0.665. The molecule has 8 nitrogen and oxygen atoms in total. The average Bonchev–Trinajstić information content (AvgIpc) is 2.46. The van der Waals surface area contributed by atoms with E-state index >= 15 is 0 Å². The summed E-state index contributed by atoms with van der Waals surface area (Å²) >= 11 is 0. The highest BCUT2D eigenvalue weighted by atomic mass is 16.6. The Morgan fingerprint density at radius 1 is 1.35 bits per heavy atom. The Bertz CT molecular complexity index is 721. The van der Waals surface area contributed by atoms with Crippen LogP contribution in [0.5, 0.6) is 0 Å². The fourth-order valence-electron chi connectivity index (χ4n) is 1.64. The lowest BCUT2D eigenvalue weighted by Crippen LogP contribution is -2.15. The number of methoxy groups -OCH3 is 1. The van der Waals surface area contributed by atoms with Gasteiger partial charge in [0.2, 0.25) is 0 Å². The standard InChI is InChI=1S/C12H9N3O5/c1-20-11(16)9-6-13-12(17)14-10(9)7-2-4-8(5-3-7)15(18)19/h2-6H,1H3,(H,13,14,17). The second-order valence-electron chi connectivity index (χ2n) is 3.77. The van der Waals surface area contributed by atoms with Crippen molar-refractivity contribution in [3.63, 3.8) is 0 Å². The SMILES string of the molecule is COC(=O)c1cnc(=O)[nH]c1-c1ccc([N+](=O)[O-])cc1. The van der Waals surface area contributed by atoms with Crippen LogP contribution in [0.2, 0.25) is 0 Å². The molecule has 0 atom stereocenters. The predicted molar refractivity (Wildman–Crippen MR) is 68.3 cm³/mol. The number of ether oxygens (including phenoxy) is 1. The summed E-state index contributed by atoms with van der Waals surface area (Å²) in [6.07, 6.45) is 1.10. The van der Waals surface area contributed by atoms with Crippen LogP contribution >= 0.6 is 0 Å². The molecule has 0 saturated heterocycles. The van der Waals surface area contributed by atoms with Crippen molar-refractivity contribution in [3.8, 4) is 11.3 Å². The van der Waals surface area contributed by atoms with Gasteiger partial charge in [0.15, 0.2) is 0 Å². The van der Waals surface area contributed by atoms with Gasteiger partial charge in [0.25, 0.3) is 5.69 Å². The lowest BCUT2D eigenvalue weighted by Gasteiger charge is -2.06. The number of benzene rings is 1. The van der Waals surface area contributed by atoms with Crippen molar-refractivity contribution in [3.05, 3.63) is 56.6 Å². The van der Waals surface area contributed by atoms with Crippen LogP contribution in [-0.2, 0) is 4.74 Å². The largest absolute Gasteiger partial charge is 0.465 e. The normalized spacial score (nSPS) is 10.1. The molecule has 0 aliphatic rings. The number of hydrogen-bond acceptors (Lipinski definition) is 6. The number of non-ortho nitro benzene ring substituents is 1. The molecule has 1 heterocycles. The van der Waals surface area contributed by atoms with Crippen molar-refractivity contribution in [2.45, 2.75) is 0 Å². The first-order chi connectivity index (χ1) is 9.52. The van der Waals surface area contributed by atoms with Crippen LogP contribution in [-0.4, -0.2) is 28.0 Å². The van der Waals surface area contributed by atoms with Crippen LogP contribution in [0, 0.1) is 10.1 Å². The van der Waals surface area contributed by atoms with Crippen molar-refractivity contribution < 1.29 is 14.5 Å². The second kappa shape index (κ2) is 5.31. The Hall–Kier alpha value is -3.03. The van der Waals surface area contributed by atoms with Gasteiger partial charge < -0.3 is 9.72 Å². The van der Waals surface area contributed by atoms with E-state index in [-0.39, 0.29) is 16.9 Å². The minimum Gasteiger partial charge on any atom is -0.465 e. The fraction of sp³-hybridized carbons (Fsp3) is 0.0833. The van der Waals surface area contributed by atoms with Crippen LogP contribution < -0.4 is 5.69 Å². The van der Waals surface area contributed by atoms with E-state index in [4.69, 9.17) is 0 Å². The summed E-state index contributed by atoms with van der Waals surface area (Å²) in [7, 11) is 1.20. The van der Waals surface area contributed by atoms with Crippen LogP contribution in [0.25, 0.3) is 11.3 Å². The Morgan fingerprint density at radius 3 is 2.55 bits per heavy atom. The second-order valence-corrected chi connectivity index (χ2v) is 3.77. The van der Waals surface area contributed by atoms with Gasteiger partial charge in [0.1, 0.15) is 5.56 Å². The molecule has 20 heavy (non-hydrogen) atoms. The quantitative estimate of drug-likeness (QED) is 0.510. The zero-order valence-corrected chi connectivity index (χ0v) is 10.3. The van der Waals surface area contributed by atoms with E-state index in [1.807, 2.05) is 0 Å². The number of hydrogen-bond donors (Lipinski definition) is 1. The van der Waals surface area contributed by atoms with Gasteiger partial charge in [-0.05, 0) is 17.7 Å². The number of nitrogens with zero attached hydrogens (tertiary/aromatic N) is 2. The van der Waals surface area contributed by atoms with Gasteiger partial charge in [-0.25, -0.2) is 14.6 Å². The number of aromatic nitrogens is 2. The number of carbonyl (C=O) groups excluding carboxylic acids is 1. The fourth-order valence-corrected chi connectivity index (χ4v) is 1.64. The molecule has 0 aliphatic carbocycles. The number of aromatic amines is 1. The zero-order valence-electron chi connectivity index (χ0n) is 10.3. The minimum absolute atomic E-state index is 0.0703. The third-order valence-electron chi connectivity index (χ3n) is 2.58. The van der Waals surface area contributed by atoms with Crippen molar-refractivity contribution in [2.24, 2.45) is 0 Å². The molecule has 0 aliphatic heterocycles. The lowest BCUT2D eigenvalue weighted by atomic mass is 10.1. The van der Waals surface area contributed by atoms with Crippen LogP contribution in [0.15, 0.2) is 35.3 Å². The molecule has 0 radical (unpaired) electrons. The molecule has 1 aromatic carbocycles. The van der Waals surface area contributed by atoms with Crippen LogP contribution in [0.3, 0.4) is 0 Å². The van der Waals surface area contributed by atoms with Gasteiger partial charge in [-0.3, -0.25) is 10.1 Å². The van der Waals surface area contributed by atoms with E-state index in [0.717, 1.165) is 6.20 Å². The highest BCUT2D eigenvalue weighted by Crippen LogP contribution is 2.23. The highest BCUT2D eigenvalue weighted by molar-refractivity contribution is 5.95. The lowest BCUT2D eigenvalue weighted by molar-refractivity contribution is -0.384. The molecule has 1 N–H and O–H groups in total. The van der Waals surface area contributed by atoms with Crippen LogP contribution in [0.1, 0.15) is 10.4 Å². The number of nitro groups is 1. The highest BCUT2D eigenvalue weighted by Gasteiger charge is 2.16. The number of esters is 1. The summed E-state index contributed by atoms with van der Waals surface area (Å²) in [4.78, 5) is 38.8. The van der Waals surface area contributed by atoms with Gasteiger partial charge in [-0.1, -0.05) is 0 Å². The van der Waals surface area contributed by atoms with Crippen molar-refractivity contribution in [2.75, 3.05) is 7.11 Å². The molecule has 2 rings (SSSR count). The Kier molecular flexibility index (Phi) is 3.56. The summed E-state index contributed by atoms with van der Waals surface area (Å²) in [6.45, 7) is 0. The first kappa shape index (κ1) is 13.4. The number of H-pyrrole nitrogens is 1. The molecule has 0 unspecified atom stereocenters. The maximum atomic E-state index is 11.6. The van der Waals surface area contributed by atoms with E-state index in [2.05, 4.69) is 14.7 Å². The smallest absolute Gasteiger partial charge is 0.345 e. The molecule has 2 aromatic rings. The van der Waals surface area contributed by atoms with Crippen LogP contribution in [0.4, 0.5) is 5.69 Å².